The largest absolute Gasteiger partial charge is 0.484 e. The molecule has 3 rings (SSSR count). The third-order valence-electron chi connectivity index (χ3n) is 4.91. The minimum absolute atomic E-state index is 0.0777. The van der Waals surface area contributed by atoms with Crippen LogP contribution in [0.25, 0.3) is 0 Å². The van der Waals surface area contributed by atoms with E-state index in [0.29, 0.717) is 29.4 Å². The molecule has 1 heterocycles. The van der Waals surface area contributed by atoms with Gasteiger partial charge in [-0.25, -0.2) is 0 Å². The van der Waals surface area contributed by atoms with Crippen molar-refractivity contribution in [3.63, 3.8) is 0 Å². The van der Waals surface area contributed by atoms with E-state index in [4.69, 9.17) is 9.26 Å². The molecule has 1 saturated carbocycles. The molecule has 144 valence electrons. The Bertz CT molecular complexity index is 792. The van der Waals surface area contributed by atoms with Crippen molar-refractivity contribution < 1.29 is 18.8 Å². The van der Waals surface area contributed by atoms with Gasteiger partial charge in [-0.1, -0.05) is 31.3 Å². The fraction of sp³-hybridized carbons (Fsp3) is 0.500. The van der Waals surface area contributed by atoms with Gasteiger partial charge in [-0.05, 0) is 37.1 Å². The zero-order valence-electron chi connectivity index (χ0n) is 15.8. The van der Waals surface area contributed by atoms with Crippen LogP contribution in [0.4, 0.5) is 0 Å². The number of rotatable bonds is 7. The number of ether oxygens (including phenoxy) is 1. The molecule has 2 aromatic rings. The van der Waals surface area contributed by atoms with Gasteiger partial charge >= 0.3 is 0 Å². The summed E-state index contributed by atoms with van der Waals surface area (Å²) in [5, 5.41) is 7.11. The highest BCUT2D eigenvalue weighted by Gasteiger charge is 2.39. The maximum atomic E-state index is 12.5. The Kier molecular flexibility index (Phi) is 5.88. The summed E-state index contributed by atoms with van der Waals surface area (Å²) < 4.78 is 10.7. The molecule has 0 spiro atoms. The molecule has 7 nitrogen and oxygen atoms in total. The number of benzene rings is 1. The van der Waals surface area contributed by atoms with E-state index in [9.17, 15) is 9.59 Å². The van der Waals surface area contributed by atoms with E-state index in [-0.39, 0.29) is 18.3 Å². The van der Waals surface area contributed by atoms with Crippen LogP contribution < -0.4 is 10.1 Å². The highest BCUT2D eigenvalue weighted by molar-refractivity contribution is 5.95. The van der Waals surface area contributed by atoms with Crippen molar-refractivity contribution in [2.45, 2.75) is 57.9 Å². The number of Topliss-reactive ketones (excluding diaryl/α,β-unsaturated/α-hetero) is 1. The molecule has 27 heavy (non-hydrogen) atoms. The van der Waals surface area contributed by atoms with E-state index >= 15 is 0 Å². The molecule has 1 N–H and O–H groups in total. The molecule has 0 atom stereocenters. The average molecular weight is 371 g/mol. The lowest BCUT2D eigenvalue weighted by Gasteiger charge is -2.35. The van der Waals surface area contributed by atoms with Gasteiger partial charge in [0, 0.05) is 18.9 Å². The summed E-state index contributed by atoms with van der Waals surface area (Å²) in [6.45, 7) is 3.45. The zero-order chi connectivity index (χ0) is 19.3. The summed E-state index contributed by atoms with van der Waals surface area (Å²) in [6, 6.07) is 6.83. The van der Waals surface area contributed by atoms with E-state index in [1.807, 2.05) is 6.92 Å². The van der Waals surface area contributed by atoms with Gasteiger partial charge < -0.3 is 14.6 Å². The Balaban J connectivity index is 1.62. The van der Waals surface area contributed by atoms with Gasteiger partial charge in [0.05, 0.1) is 0 Å². The van der Waals surface area contributed by atoms with E-state index < -0.39 is 5.54 Å². The Morgan fingerprint density at radius 2 is 1.89 bits per heavy atom. The third kappa shape index (κ3) is 4.53. The monoisotopic (exact) mass is 371 g/mol. The van der Waals surface area contributed by atoms with Crippen LogP contribution in [0, 0.1) is 6.92 Å². The van der Waals surface area contributed by atoms with Crippen molar-refractivity contribution in [2.75, 3.05) is 6.61 Å². The Morgan fingerprint density at radius 1 is 1.19 bits per heavy atom. The highest BCUT2D eigenvalue weighted by atomic mass is 16.5. The third-order valence-corrected chi connectivity index (χ3v) is 4.91. The van der Waals surface area contributed by atoms with Crippen LogP contribution in [0.15, 0.2) is 28.8 Å². The maximum absolute atomic E-state index is 12.5. The number of hydrogen-bond donors (Lipinski definition) is 1. The second kappa shape index (κ2) is 8.33. The molecule has 1 fully saturated rings. The number of hydrogen-bond acceptors (Lipinski definition) is 6. The molecule has 1 amide bonds. The topological polar surface area (TPSA) is 94.3 Å². The zero-order valence-corrected chi connectivity index (χ0v) is 15.8. The summed E-state index contributed by atoms with van der Waals surface area (Å²) >= 11 is 0. The first-order chi connectivity index (χ1) is 13.0. The van der Waals surface area contributed by atoms with Crippen LogP contribution in [0.5, 0.6) is 5.75 Å². The van der Waals surface area contributed by atoms with Gasteiger partial charge in [-0.2, -0.15) is 4.98 Å². The fourth-order valence-electron chi connectivity index (χ4n) is 3.45. The number of aromatic nitrogens is 2. The number of nitrogens with one attached hydrogen (secondary N) is 1. The van der Waals surface area contributed by atoms with E-state index in [1.165, 1.54) is 0 Å². The molecule has 7 heteroatoms. The molecule has 1 aliphatic carbocycles. The highest BCUT2D eigenvalue weighted by Crippen LogP contribution is 2.35. The normalized spacial score (nSPS) is 15.9. The average Bonchev–Trinajstić information content (AvgIpc) is 3.14. The number of aryl methyl sites for hydroxylation is 1. The summed E-state index contributed by atoms with van der Waals surface area (Å²) in [5.74, 6) is 1.42. The first kappa shape index (κ1) is 19.1. The molecule has 1 aliphatic rings. The lowest BCUT2D eigenvalue weighted by molar-refractivity contribution is -0.125. The van der Waals surface area contributed by atoms with Gasteiger partial charge in [0.15, 0.2) is 18.2 Å². The number of amides is 1. The van der Waals surface area contributed by atoms with Crippen LogP contribution >= 0.6 is 0 Å². The first-order valence-corrected chi connectivity index (χ1v) is 9.40. The molecule has 0 bridgehead atoms. The van der Waals surface area contributed by atoms with Gasteiger partial charge in [0.2, 0.25) is 5.89 Å². The molecular formula is C20H25N3O4. The number of nitrogens with zero attached hydrogens (tertiary/aromatic N) is 2. The van der Waals surface area contributed by atoms with Crippen molar-refractivity contribution in [1.82, 2.24) is 15.5 Å². The van der Waals surface area contributed by atoms with Gasteiger partial charge in [0.25, 0.3) is 5.91 Å². The molecule has 0 unspecified atom stereocenters. The van der Waals surface area contributed by atoms with Gasteiger partial charge in [0.1, 0.15) is 11.3 Å². The van der Waals surface area contributed by atoms with Gasteiger partial charge in [-0.15, -0.1) is 0 Å². The number of ketones is 1. The summed E-state index contributed by atoms with van der Waals surface area (Å²) in [5.41, 5.74) is 0.0522. The first-order valence-electron chi connectivity index (χ1n) is 9.40. The number of carbonyl (C=O) groups is 2. The summed E-state index contributed by atoms with van der Waals surface area (Å²) in [6.07, 6.45) is 5.16. The smallest absolute Gasteiger partial charge is 0.258 e. The van der Waals surface area contributed by atoms with Crippen molar-refractivity contribution in [1.29, 1.82) is 0 Å². The van der Waals surface area contributed by atoms with Crippen molar-refractivity contribution in [3.8, 4) is 5.75 Å². The standard InChI is InChI=1S/C20H25N3O4/c1-3-17(24)15-7-9-16(10-8-15)26-13-18(25)22-20(11-5-4-6-12-20)19-21-14(2)27-23-19/h7-10H,3-6,11-13H2,1-2H3,(H,22,25). The molecule has 0 radical (unpaired) electrons. The Hall–Kier alpha value is -2.70. The van der Waals surface area contributed by atoms with E-state index in [1.54, 1.807) is 31.2 Å². The quantitative estimate of drug-likeness (QED) is 0.750. The lowest BCUT2D eigenvalue weighted by atomic mass is 9.81. The second-order valence-corrected chi connectivity index (χ2v) is 6.92. The lowest BCUT2D eigenvalue weighted by Crippen LogP contribution is -2.49. The Morgan fingerprint density at radius 3 is 2.48 bits per heavy atom. The minimum atomic E-state index is -0.589. The van der Waals surface area contributed by atoms with Crippen LogP contribution in [0.3, 0.4) is 0 Å². The maximum Gasteiger partial charge on any atom is 0.258 e. The second-order valence-electron chi connectivity index (χ2n) is 6.92. The van der Waals surface area contributed by atoms with Crippen molar-refractivity contribution >= 4 is 11.7 Å². The predicted molar refractivity (Wildman–Crippen MR) is 98.5 cm³/mol. The van der Waals surface area contributed by atoms with Crippen LogP contribution in [0.2, 0.25) is 0 Å². The Labute approximate surface area is 158 Å². The minimum Gasteiger partial charge on any atom is -0.484 e. The molecule has 1 aromatic carbocycles. The van der Waals surface area contributed by atoms with E-state index in [2.05, 4.69) is 15.5 Å². The summed E-state index contributed by atoms with van der Waals surface area (Å²) in [4.78, 5) is 28.5. The predicted octanol–water partition coefficient (Wildman–Crippen LogP) is 3.33. The van der Waals surface area contributed by atoms with Crippen LogP contribution in [-0.2, 0) is 10.3 Å². The fourth-order valence-corrected chi connectivity index (χ4v) is 3.45. The molecular weight excluding hydrogens is 346 g/mol. The SMILES string of the molecule is CCC(=O)c1ccc(OCC(=O)NC2(c3noc(C)n3)CCCCC2)cc1. The van der Waals surface area contributed by atoms with Crippen LogP contribution in [0.1, 0.15) is 67.5 Å². The number of carbonyl (C=O) groups excluding carboxylic acids is 2. The van der Waals surface area contributed by atoms with Crippen LogP contribution in [-0.4, -0.2) is 28.4 Å². The van der Waals surface area contributed by atoms with Crippen molar-refractivity contribution in [3.05, 3.63) is 41.5 Å². The van der Waals surface area contributed by atoms with Gasteiger partial charge in [-0.3, -0.25) is 9.59 Å². The summed E-state index contributed by atoms with van der Waals surface area (Å²) in [7, 11) is 0. The molecule has 0 aliphatic heterocycles. The van der Waals surface area contributed by atoms with Crippen molar-refractivity contribution in [2.24, 2.45) is 0 Å². The molecule has 0 saturated heterocycles. The van der Waals surface area contributed by atoms with E-state index in [0.717, 1.165) is 32.1 Å². The molecule has 1 aromatic heterocycles.